The van der Waals surface area contributed by atoms with E-state index in [1.54, 1.807) is 7.11 Å². The van der Waals surface area contributed by atoms with Crippen LogP contribution in [-0.4, -0.2) is 23.7 Å². The minimum Gasteiger partial charge on any atom is -0.496 e. The highest BCUT2D eigenvalue weighted by atomic mass is 16.5. The van der Waals surface area contributed by atoms with Gasteiger partial charge in [0.05, 0.1) is 19.2 Å². The molecule has 1 N–H and O–H groups in total. The Balaban J connectivity index is 1.75. The van der Waals surface area contributed by atoms with Crippen molar-refractivity contribution < 1.29 is 9.84 Å². The number of hydrogen-bond donors (Lipinski definition) is 1. The van der Waals surface area contributed by atoms with Gasteiger partial charge < -0.3 is 14.7 Å². The fourth-order valence-electron chi connectivity index (χ4n) is 3.49. The third kappa shape index (κ3) is 2.49. The van der Waals surface area contributed by atoms with E-state index in [-0.39, 0.29) is 6.61 Å². The van der Waals surface area contributed by atoms with E-state index in [0.717, 1.165) is 47.5 Å². The fraction of sp³-hybridized carbons (Fsp3) is 0.250. The number of nitrogens with zero attached hydrogens (tertiary/aromatic N) is 2. The topological polar surface area (TPSA) is 45.6 Å². The predicted molar refractivity (Wildman–Crippen MR) is 95.4 cm³/mol. The van der Waals surface area contributed by atoms with Crippen molar-refractivity contribution in [2.45, 2.75) is 19.6 Å². The van der Waals surface area contributed by atoms with Gasteiger partial charge >= 0.3 is 0 Å². The molecule has 4 rings (SSSR count). The molecule has 4 heteroatoms. The molecular formula is C20H20N2O2. The molecule has 0 aliphatic carbocycles. The van der Waals surface area contributed by atoms with Gasteiger partial charge in [0.2, 0.25) is 0 Å². The van der Waals surface area contributed by atoms with Crippen molar-refractivity contribution in [2.75, 3.05) is 18.6 Å². The normalized spacial score (nSPS) is 13.8. The summed E-state index contributed by atoms with van der Waals surface area (Å²) in [6.45, 7) is 1.64. The first-order valence-corrected chi connectivity index (χ1v) is 8.19. The Hall–Kier alpha value is -2.59. The number of fused-ring (bicyclic) bond motifs is 2. The Bertz CT molecular complexity index is 892. The first-order valence-electron chi connectivity index (χ1n) is 8.19. The van der Waals surface area contributed by atoms with Gasteiger partial charge in [-0.2, -0.15) is 0 Å². The smallest absolute Gasteiger partial charge is 0.135 e. The highest BCUT2D eigenvalue weighted by molar-refractivity contribution is 5.81. The predicted octanol–water partition coefficient (Wildman–Crippen LogP) is 3.30. The summed E-state index contributed by atoms with van der Waals surface area (Å²) < 4.78 is 5.48. The summed E-state index contributed by atoms with van der Waals surface area (Å²) in [6, 6.07) is 16.3. The molecule has 1 aliphatic heterocycles. The molecule has 2 heterocycles. The lowest BCUT2D eigenvalue weighted by molar-refractivity contribution is 0.281. The maximum atomic E-state index is 9.80. The van der Waals surface area contributed by atoms with E-state index in [9.17, 15) is 5.11 Å². The van der Waals surface area contributed by atoms with Crippen molar-refractivity contribution in [2.24, 2.45) is 0 Å². The van der Waals surface area contributed by atoms with E-state index in [4.69, 9.17) is 9.72 Å². The molecule has 4 nitrogen and oxygen atoms in total. The zero-order valence-electron chi connectivity index (χ0n) is 13.7. The van der Waals surface area contributed by atoms with E-state index >= 15 is 0 Å². The van der Waals surface area contributed by atoms with Gasteiger partial charge in [-0.05, 0) is 30.2 Å². The first-order chi connectivity index (χ1) is 11.8. The van der Waals surface area contributed by atoms with E-state index in [1.807, 2.05) is 42.5 Å². The lowest BCUT2D eigenvalue weighted by atomic mass is 9.98. The van der Waals surface area contributed by atoms with Crippen LogP contribution in [0, 0.1) is 0 Å². The highest BCUT2D eigenvalue weighted by Crippen LogP contribution is 2.32. The Morgan fingerprint density at radius 3 is 2.88 bits per heavy atom. The van der Waals surface area contributed by atoms with Crippen LogP contribution in [0.15, 0.2) is 48.5 Å². The van der Waals surface area contributed by atoms with Crippen molar-refractivity contribution in [3.63, 3.8) is 0 Å². The zero-order valence-corrected chi connectivity index (χ0v) is 13.7. The minimum atomic E-state index is -0.00532. The van der Waals surface area contributed by atoms with Crippen LogP contribution >= 0.6 is 0 Å². The molecular weight excluding hydrogens is 300 g/mol. The number of pyridine rings is 1. The fourth-order valence-corrected chi connectivity index (χ4v) is 3.49. The number of ether oxygens (including phenoxy) is 1. The van der Waals surface area contributed by atoms with Gasteiger partial charge in [-0.25, -0.2) is 4.98 Å². The maximum absolute atomic E-state index is 9.80. The molecule has 0 unspecified atom stereocenters. The van der Waals surface area contributed by atoms with Gasteiger partial charge in [-0.1, -0.05) is 30.3 Å². The van der Waals surface area contributed by atoms with Gasteiger partial charge in [0.15, 0.2) is 0 Å². The van der Waals surface area contributed by atoms with Crippen LogP contribution < -0.4 is 9.64 Å². The van der Waals surface area contributed by atoms with Crippen molar-refractivity contribution >= 4 is 16.7 Å². The average Bonchev–Trinajstić information content (AvgIpc) is 2.65. The van der Waals surface area contributed by atoms with E-state index in [0.29, 0.717) is 0 Å². The molecule has 0 amide bonds. The summed E-state index contributed by atoms with van der Waals surface area (Å²) in [6.07, 6.45) is 0.915. The van der Waals surface area contributed by atoms with E-state index < -0.39 is 0 Å². The van der Waals surface area contributed by atoms with Gasteiger partial charge in [-0.15, -0.1) is 0 Å². The molecule has 3 aromatic rings. The van der Waals surface area contributed by atoms with Crippen molar-refractivity contribution in [1.29, 1.82) is 0 Å². The number of aliphatic hydroxyl groups excluding tert-OH is 1. The zero-order chi connectivity index (χ0) is 16.5. The lowest BCUT2D eigenvalue weighted by Crippen LogP contribution is -2.32. The molecule has 0 atom stereocenters. The molecule has 1 aromatic heterocycles. The van der Waals surface area contributed by atoms with Crippen LogP contribution in [0.1, 0.15) is 16.7 Å². The number of hydrogen-bond acceptors (Lipinski definition) is 4. The minimum absolute atomic E-state index is 0.00532. The number of aromatic nitrogens is 1. The van der Waals surface area contributed by atoms with Crippen molar-refractivity contribution in [3.05, 3.63) is 65.2 Å². The van der Waals surface area contributed by atoms with Crippen molar-refractivity contribution in [3.8, 4) is 5.75 Å². The summed E-state index contributed by atoms with van der Waals surface area (Å²) >= 11 is 0. The Kier molecular flexibility index (Phi) is 3.82. The number of rotatable bonds is 3. The Labute approximate surface area is 141 Å². The van der Waals surface area contributed by atoms with Crippen LogP contribution in [-0.2, 0) is 19.6 Å². The maximum Gasteiger partial charge on any atom is 0.135 e. The molecule has 0 bridgehead atoms. The molecule has 2 aromatic carbocycles. The molecule has 122 valence electrons. The first kappa shape index (κ1) is 15.0. The number of para-hydroxylation sites is 1. The number of benzene rings is 2. The second-order valence-electron chi connectivity index (χ2n) is 6.09. The third-order valence-corrected chi connectivity index (χ3v) is 4.69. The highest BCUT2D eigenvalue weighted by Gasteiger charge is 2.22. The Morgan fingerprint density at radius 1 is 1.17 bits per heavy atom. The standard InChI is InChI=1S/C20H20N2O2/c1-24-19-8-4-6-15-12-22(10-9-17(15)19)20-16(13-23)11-14-5-2-3-7-18(14)21-20/h2-8,11,23H,9-10,12-13H2,1H3. The van der Waals surface area contributed by atoms with Gasteiger partial charge in [-0.3, -0.25) is 0 Å². The summed E-state index contributed by atoms with van der Waals surface area (Å²) in [5.41, 5.74) is 4.38. The second kappa shape index (κ2) is 6.13. The SMILES string of the molecule is COc1cccc2c1CCN(c1nc3ccccc3cc1CO)C2. The monoisotopic (exact) mass is 320 g/mol. The third-order valence-electron chi connectivity index (χ3n) is 4.69. The molecule has 0 saturated heterocycles. The van der Waals surface area contributed by atoms with E-state index in [2.05, 4.69) is 11.0 Å². The van der Waals surface area contributed by atoms with Crippen LogP contribution in [0.25, 0.3) is 10.9 Å². The second-order valence-corrected chi connectivity index (χ2v) is 6.09. The van der Waals surface area contributed by atoms with E-state index in [1.165, 1.54) is 11.1 Å². The van der Waals surface area contributed by atoms with Crippen LogP contribution in [0.2, 0.25) is 0 Å². The lowest BCUT2D eigenvalue weighted by Gasteiger charge is -2.32. The largest absolute Gasteiger partial charge is 0.496 e. The molecule has 1 aliphatic rings. The van der Waals surface area contributed by atoms with Crippen molar-refractivity contribution in [1.82, 2.24) is 4.98 Å². The van der Waals surface area contributed by atoms with Gasteiger partial charge in [0, 0.05) is 29.6 Å². The summed E-state index contributed by atoms with van der Waals surface area (Å²) in [5, 5.41) is 10.9. The van der Waals surface area contributed by atoms with Crippen LogP contribution in [0.5, 0.6) is 5.75 Å². The summed E-state index contributed by atoms with van der Waals surface area (Å²) in [4.78, 5) is 7.07. The summed E-state index contributed by atoms with van der Waals surface area (Å²) in [5.74, 6) is 1.84. The average molecular weight is 320 g/mol. The number of methoxy groups -OCH3 is 1. The van der Waals surface area contributed by atoms with Gasteiger partial charge in [0.1, 0.15) is 11.6 Å². The molecule has 0 radical (unpaired) electrons. The Morgan fingerprint density at radius 2 is 2.04 bits per heavy atom. The number of aliphatic hydroxyl groups is 1. The van der Waals surface area contributed by atoms with Gasteiger partial charge in [0.25, 0.3) is 0 Å². The molecule has 0 fully saturated rings. The van der Waals surface area contributed by atoms with Crippen LogP contribution in [0.4, 0.5) is 5.82 Å². The molecule has 0 saturated carbocycles. The quantitative estimate of drug-likeness (QED) is 0.804. The molecule has 0 spiro atoms. The summed E-state index contributed by atoms with van der Waals surface area (Å²) in [7, 11) is 1.72. The molecule has 24 heavy (non-hydrogen) atoms. The number of anilines is 1. The van der Waals surface area contributed by atoms with Crippen LogP contribution in [0.3, 0.4) is 0 Å².